The molecule has 0 radical (unpaired) electrons. The lowest BCUT2D eigenvalue weighted by Crippen LogP contribution is -1.85. The highest BCUT2D eigenvalue weighted by molar-refractivity contribution is 7.13. The maximum absolute atomic E-state index is 6.03. The fraction of sp³-hybridized carbons (Fsp3) is 0.200. The first kappa shape index (κ1) is 11.6. The molecule has 0 bridgehead atoms. The average molecular weight is 275 g/mol. The molecule has 0 amide bonds. The molecule has 0 aliphatic carbocycles. The van der Waals surface area contributed by atoms with Gasteiger partial charge in [-0.05, 0) is 24.6 Å². The lowest BCUT2D eigenvalue weighted by molar-refractivity contribution is 0.473. The Morgan fingerprint density at radius 1 is 1.38 bits per heavy atom. The van der Waals surface area contributed by atoms with Crippen molar-refractivity contribution in [3.05, 3.63) is 33.8 Å². The number of hydrogen-bond donors (Lipinski definition) is 0. The van der Waals surface area contributed by atoms with Crippen LogP contribution in [-0.4, -0.2) is 10.2 Å². The van der Waals surface area contributed by atoms with E-state index >= 15 is 0 Å². The van der Waals surface area contributed by atoms with Gasteiger partial charge in [0.05, 0.1) is 10.9 Å². The van der Waals surface area contributed by atoms with Gasteiger partial charge >= 0.3 is 0 Å². The SMILES string of the molecule is Cc1ccc(Oc2nnc(CCl)s2)c(Cl)c1. The molecular formula is C10H8Cl2N2OS. The van der Waals surface area contributed by atoms with Gasteiger partial charge in [0.2, 0.25) is 0 Å². The van der Waals surface area contributed by atoms with Crippen molar-refractivity contribution in [1.29, 1.82) is 0 Å². The summed E-state index contributed by atoms with van der Waals surface area (Å²) in [6, 6.07) is 5.56. The van der Waals surface area contributed by atoms with E-state index in [1.54, 1.807) is 6.07 Å². The van der Waals surface area contributed by atoms with E-state index in [1.165, 1.54) is 11.3 Å². The largest absolute Gasteiger partial charge is 0.428 e. The van der Waals surface area contributed by atoms with Crippen molar-refractivity contribution in [2.75, 3.05) is 0 Å². The maximum Gasteiger partial charge on any atom is 0.299 e. The van der Waals surface area contributed by atoms with Crippen LogP contribution in [-0.2, 0) is 5.88 Å². The van der Waals surface area contributed by atoms with E-state index in [-0.39, 0.29) is 0 Å². The second kappa shape index (κ2) is 4.99. The molecule has 2 rings (SSSR count). The van der Waals surface area contributed by atoms with Crippen molar-refractivity contribution in [3.63, 3.8) is 0 Å². The quantitative estimate of drug-likeness (QED) is 0.793. The lowest BCUT2D eigenvalue weighted by atomic mass is 10.2. The van der Waals surface area contributed by atoms with Crippen LogP contribution >= 0.6 is 34.5 Å². The Balaban J connectivity index is 2.20. The Morgan fingerprint density at radius 2 is 2.19 bits per heavy atom. The van der Waals surface area contributed by atoms with Crippen LogP contribution in [0.2, 0.25) is 5.02 Å². The van der Waals surface area contributed by atoms with Gasteiger partial charge in [0, 0.05) is 0 Å². The number of halogens is 2. The minimum absolute atomic E-state index is 0.336. The van der Waals surface area contributed by atoms with Gasteiger partial charge < -0.3 is 4.74 Å². The van der Waals surface area contributed by atoms with Crippen molar-refractivity contribution >= 4 is 34.5 Å². The molecule has 0 spiro atoms. The van der Waals surface area contributed by atoms with E-state index in [0.29, 0.717) is 21.8 Å². The molecule has 0 saturated heterocycles. The van der Waals surface area contributed by atoms with E-state index < -0.39 is 0 Å². The van der Waals surface area contributed by atoms with Crippen LogP contribution in [0, 0.1) is 6.92 Å². The number of aryl methyl sites for hydroxylation is 1. The summed E-state index contributed by atoms with van der Waals surface area (Å²) in [7, 11) is 0. The van der Waals surface area contributed by atoms with Gasteiger partial charge in [-0.1, -0.05) is 34.1 Å². The predicted octanol–water partition coefficient (Wildman–Crippen LogP) is 4.03. The summed E-state index contributed by atoms with van der Waals surface area (Å²) in [5.74, 6) is 0.910. The van der Waals surface area contributed by atoms with Crippen molar-refractivity contribution < 1.29 is 4.74 Å². The normalized spacial score (nSPS) is 10.4. The molecule has 1 heterocycles. The highest BCUT2D eigenvalue weighted by atomic mass is 35.5. The number of rotatable bonds is 3. The number of alkyl halides is 1. The van der Waals surface area contributed by atoms with Gasteiger partial charge in [0.25, 0.3) is 5.19 Å². The first-order valence-electron chi connectivity index (χ1n) is 4.51. The Labute approximate surface area is 107 Å². The van der Waals surface area contributed by atoms with Crippen molar-refractivity contribution in [2.24, 2.45) is 0 Å². The molecule has 0 atom stereocenters. The highest BCUT2D eigenvalue weighted by Crippen LogP contribution is 2.31. The number of aromatic nitrogens is 2. The monoisotopic (exact) mass is 274 g/mol. The molecule has 0 aliphatic rings. The van der Waals surface area contributed by atoms with Crippen molar-refractivity contribution in [1.82, 2.24) is 10.2 Å². The molecule has 3 nitrogen and oxygen atoms in total. The summed E-state index contributed by atoms with van der Waals surface area (Å²) < 4.78 is 5.50. The molecule has 0 aliphatic heterocycles. The van der Waals surface area contributed by atoms with Crippen LogP contribution in [0.3, 0.4) is 0 Å². The Hall–Kier alpha value is -0.840. The fourth-order valence-corrected chi connectivity index (χ4v) is 2.16. The average Bonchev–Trinajstić information content (AvgIpc) is 2.70. The molecule has 16 heavy (non-hydrogen) atoms. The summed E-state index contributed by atoms with van der Waals surface area (Å²) in [6.07, 6.45) is 0. The predicted molar refractivity (Wildman–Crippen MR) is 65.7 cm³/mol. The minimum Gasteiger partial charge on any atom is -0.428 e. The topological polar surface area (TPSA) is 35.0 Å². The van der Waals surface area contributed by atoms with Crippen LogP contribution in [0.1, 0.15) is 10.6 Å². The van der Waals surface area contributed by atoms with Crippen LogP contribution in [0.5, 0.6) is 10.9 Å². The van der Waals surface area contributed by atoms with Crippen molar-refractivity contribution in [2.45, 2.75) is 12.8 Å². The third-order valence-corrected chi connectivity index (χ3v) is 3.36. The molecule has 6 heteroatoms. The summed E-state index contributed by atoms with van der Waals surface area (Å²) >= 11 is 13.0. The fourth-order valence-electron chi connectivity index (χ4n) is 1.12. The number of nitrogens with zero attached hydrogens (tertiary/aromatic N) is 2. The summed E-state index contributed by atoms with van der Waals surface area (Å²) in [4.78, 5) is 0. The number of hydrogen-bond acceptors (Lipinski definition) is 4. The molecule has 84 valence electrons. The van der Waals surface area contributed by atoms with Gasteiger partial charge in [-0.25, -0.2) is 0 Å². The zero-order valence-corrected chi connectivity index (χ0v) is 10.7. The molecule has 0 saturated carbocycles. The van der Waals surface area contributed by atoms with Gasteiger partial charge in [0.1, 0.15) is 10.8 Å². The maximum atomic E-state index is 6.03. The number of benzene rings is 1. The Morgan fingerprint density at radius 3 is 2.81 bits per heavy atom. The molecule has 1 aromatic heterocycles. The summed E-state index contributed by atoms with van der Waals surface area (Å²) in [5, 5.41) is 9.42. The molecular weight excluding hydrogens is 267 g/mol. The Kier molecular flexibility index (Phi) is 3.63. The smallest absolute Gasteiger partial charge is 0.299 e. The van der Waals surface area contributed by atoms with Gasteiger partial charge in [0.15, 0.2) is 0 Å². The molecule has 0 fully saturated rings. The zero-order chi connectivity index (χ0) is 11.5. The molecule has 0 unspecified atom stereocenters. The third kappa shape index (κ3) is 2.64. The zero-order valence-electron chi connectivity index (χ0n) is 8.41. The first-order valence-corrected chi connectivity index (χ1v) is 6.24. The minimum atomic E-state index is 0.336. The molecule has 2 aromatic rings. The second-order valence-corrected chi connectivity index (χ2v) is 4.83. The van der Waals surface area contributed by atoms with E-state index in [1.807, 2.05) is 19.1 Å². The van der Waals surface area contributed by atoms with Gasteiger partial charge in [-0.3, -0.25) is 0 Å². The Bertz CT molecular complexity index is 501. The van der Waals surface area contributed by atoms with Crippen molar-refractivity contribution in [3.8, 4) is 10.9 Å². The standard InChI is InChI=1S/C10H8Cl2N2OS/c1-6-2-3-8(7(12)4-6)15-10-14-13-9(5-11)16-10/h2-4H,5H2,1H3. The van der Waals surface area contributed by atoms with E-state index in [4.69, 9.17) is 27.9 Å². The number of ether oxygens (including phenoxy) is 1. The van der Waals surface area contributed by atoms with Crippen LogP contribution in [0.15, 0.2) is 18.2 Å². The van der Waals surface area contributed by atoms with Crippen LogP contribution in [0.4, 0.5) is 0 Å². The van der Waals surface area contributed by atoms with E-state index in [9.17, 15) is 0 Å². The lowest BCUT2D eigenvalue weighted by Gasteiger charge is -2.03. The first-order chi connectivity index (χ1) is 7.69. The van der Waals surface area contributed by atoms with Crippen LogP contribution < -0.4 is 4.74 Å². The van der Waals surface area contributed by atoms with Crippen LogP contribution in [0.25, 0.3) is 0 Å². The molecule has 0 N–H and O–H groups in total. The third-order valence-electron chi connectivity index (χ3n) is 1.85. The molecule has 1 aromatic carbocycles. The van der Waals surface area contributed by atoms with E-state index in [2.05, 4.69) is 10.2 Å². The van der Waals surface area contributed by atoms with Gasteiger partial charge in [-0.15, -0.1) is 16.7 Å². The second-order valence-electron chi connectivity index (χ2n) is 3.13. The van der Waals surface area contributed by atoms with E-state index in [0.717, 1.165) is 10.6 Å². The highest BCUT2D eigenvalue weighted by Gasteiger charge is 2.08. The summed E-state index contributed by atoms with van der Waals surface area (Å²) in [5.41, 5.74) is 1.08. The van der Waals surface area contributed by atoms with Gasteiger partial charge in [-0.2, -0.15) is 0 Å². The summed E-state index contributed by atoms with van der Waals surface area (Å²) in [6.45, 7) is 1.96.